The first kappa shape index (κ1) is 22.5. The fourth-order valence-electron chi connectivity index (χ4n) is 3.06. The minimum Gasteiger partial charge on any atom is -0.462 e. The molecule has 0 radical (unpaired) electrons. The van der Waals surface area contributed by atoms with Gasteiger partial charge in [-0.2, -0.15) is 13.2 Å². The van der Waals surface area contributed by atoms with Gasteiger partial charge in [-0.15, -0.1) is 0 Å². The third-order valence-electron chi connectivity index (χ3n) is 4.40. The average Bonchev–Trinajstić information content (AvgIpc) is 3.18. The third kappa shape index (κ3) is 5.69. The van der Waals surface area contributed by atoms with Crippen LogP contribution in [0.25, 0.3) is 0 Å². The number of thiazole rings is 1. The molecule has 0 atom stereocenters. The summed E-state index contributed by atoms with van der Waals surface area (Å²) in [5, 5.41) is 2.10. The second-order valence-corrected chi connectivity index (χ2v) is 7.54. The molecule has 9 heteroatoms. The highest BCUT2D eigenvalue weighted by Crippen LogP contribution is 2.37. The van der Waals surface area contributed by atoms with E-state index in [1.165, 1.54) is 6.92 Å². The number of alkyl halides is 3. The van der Waals surface area contributed by atoms with Gasteiger partial charge >= 0.3 is 12.1 Å². The molecule has 2 aromatic carbocycles. The van der Waals surface area contributed by atoms with E-state index in [1.807, 2.05) is 60.7 Å². The molecule has 31 heavy (non-hydrogen) atoms. The second kappa shape index (κ2) is 9.74. The largest absolute Gasteiger partial charge is 0.462 e. The van der Waals surface area contributed by atoms with Crippen LogP contribution in [-0.2, 0) is 15.7 Å². The lowest BCUT2D eigenvalue weighted by Gasteiger charge is -2.17. The van der Waals surface area contributed by atoms with E-state index in [0.717, 1.165) is 11.1 Å². The maximum absolute atomic E-state index is 13.3. The van der Waals surface area contributed by atoms with E-state index in [0.29, 0.717) is 11.3 Å². The lowest BCUT2D eigenvalue weighted by atomic mass is 9.88. The normalized spacial score (nSPS) is 11.4. The monoisotopic (exact) mass is 448 g/mol. The van der Waals surface area contributed by atoms with Gasteiger partial charge in [0.2, 0.25) is 5.91 Å². The number of ether oxygens (including phenoxy) is 1. The number of hydrogen-bond donors (Lipinski definition) is 1. The molecule has 0 aliphatic rings. The van der Waals surface area contributed by atoms with E-state index < -0.39 is 28.6 Å². The molecule has 0 saturated heterocycles. The second-order valence-electron chi connectivity index (χ2n) is 6.54. The molecular weight excluding hydrogens is 429 g/mol. The standard InChI is InChI=1S/C22H19F3N2O3S/c1-2-30-20(29)18-19(22(23,24)25)27-21(31-18)26-17(28)13-16(14-9-5-3-6-10-14)15-11-7-4-8-12-15/h3-12,16H,2,13H2,1H3,(H,26,27,28). The molecule has 162 valence electrons. The number of amides is 1. The van der Waals surface area contributed by atoms with E-state index in [-0.39, 0.29) is 24.1 Å². The zero-order valence-electron chi connectivity index (χ0n) is 16.5. The SMILES string of the molecule is CCOC(=O)c1sc(NC(=O)CC(c2ccccc2)c2ccccc2)nc1C(F)(F)F. The maximum Gasteiger partial charge on any atom is 0.435 e. The number of nitrogens with one attached hydrogen (secondary N) is 1. The number of carbonyl (C=O) groups excluding carboxylic acids is 2. The van der Waals surface area contributed by atoms with Gasteiger partial charge < -0.3 is 10.1 Å². The summed E-state index contributed by atoms with van der Waals surface area (Å²) in [5.74, 6) is -1.94. The molecular formula is C22H19F3N2O3S. The highest BCUT2D eigenvalue weighted by Gasteiger charge is 2.40. The van der Waals surface area contributed by atoms with Crippen molar-refractivity contribution in [2.75, 3.05) is 11.9 Å². The molecule has 1 amide bonds. The van der Waals surface area contributed by atoms with Gasteiger partial charge in [0, 0.05) is 12.3 Å². The fraction of sp³-hybridized carbons (Fsp3) is 0.227. The summed E-state index contributed by atoms with van der Waals surface area (Å²) in [6, 6.07) is 18.7. The van der Waals surface area contributed by atoms with Crippen molar-refractivity contribution in [3.8, 4) is 0 Å². The van der Waals surface area contributed by atoms with Crippen LogP contribution in [0.1, 0.15) is 45.8 Å². The van der Waals surface area contributed by atoms with Crippen molar-refractivity contribution in [2.45, 2.75) is 25.4 Å². The molecule has 0 aliphatic heterocycles. The number of hydrogen-bond acceptors (Lipinski definition) is 5. The predicted octanol–water partition coefficient (Wildman–Crippen LogP) is 5.50. The van der Waals surface area contributed by atoms with Crippen LogP contribution < -0.4 is 5.32 Å². The molecule has 3 rings (SSSR count). The Hall–Kier alpha value is -3.20. The number of halogens is 3. The van der Waals surface area contributed by atoms with E-state index in [2.05, 4.69) is 15.0 Å². The Labute approximate surface area is 180 Å². The first-order chi connectivity index (χ1) is 14.8. The zero-order valence-corrected chi connectivity index (χ0v) is 17.3. The lowest BCUT2D eigenvalue weighted by molar-refractivity contribution is -0.141. The Morgan fingerprint density at radius 2 is 1.58 bits per heavy atom. The summed E-state index contributed by atoms with van der Waals surface area (Å²) < 4.78 is 44.5. The Kier molecular flexibility index (Phi) is 7.06. The summed E-state index contributed by atoms with van der Waals surface area (Å²) in [6.07, 6.45) is -4.86. The van der Waals surface area contributed by atoms with Gasteiger partial charge in [-0.1, -0.05) is 72.0 Å². The lowest BCUT2D eigenvalue weighted by Crippen LogP contribution is -2.17. The topological polar surface area (TPSA) is 68.3 Å². The van der Waals surface area contributed by atoms with Crippen molar-refractivity contribution >= 4 is 28.3 Å². The van der Waals surface area contributed by atoms with E-state index in [1.54, 1.807) is 0 Å². The van der Waals surface area contributed by atoms with Crippen LogP contribution in [0.4, 0.5) is 18.3 Å². The van der Waals surface area contributed by atoms with Crippen molar-refractivity contribution in [3.05, 3.63) is 82.4 Å². The Morgan fingerprint density at radius 3 is 2.06 bits per heavy atom. The van der Waals surface area contributed by atoms with Crippen molar-refractivity contribution in [2.24, 2.45) is 0 Å². The summed E-state index contributed by atoms with van der Waals surface area (Å²) in [7, 11) is 0. The van der Waals surface area contributed by atoms with Gasteiger partial charge in [0.1, 0.15) is 4.88 Å². The Bertz CT molecular complexity index is 998. The third-order valence-corrected chi connectivity index (χ3v) is 5.35. The molecule has 1 aromatic heterocycles. The smallest absolute Gasteiger partial charge is 0.435 e. The van der Waals surface area contributed by atoms with Crippen LogP contribution >= 0.6 is 11.3 Å². The summed E-state index contributed by atoms with van der Waals surface area (Å²) >= 11 is 0.444. The molecule has 0 saturated carbocycles. The number of anilines is 1. The highest BCUT2D eigenvalue weighted by atomic mass is 32.1. The summed E-state index contributed by atoms with van der Waals surface area (Å²) in [5.41, 5.74) is 0.422. The number of nitrogens with zero attached hydrogens (tertiary/aromatic N) is 1. The van der Waals surface area contributed by atoms with E-state index in [4.69, 9.17) is 0 Å². The minimum absolute atomic E-state index is 0.0102. The number of aromatic nitrogens is 1. The predicted molar refractivity (Wildman–Crippen MR) is 111 cm³/mol. The van der Waals surface area contributed by atoms with Crippen LogP contribution in [0, 0.1) is 0 Å². The number of carbonyl (C=O) groups is 2. The fourth-order valence-corrected chi connectivity index (χ4v) is 3.95. The minimum atomic E-state index is -4.85. The summed E-state index contributed by atoms with van der Waals surface area (Å²) in [6.45, 7) is 1.41. The molecule has 0 spiro atoms. The van der Waals surface area contributed by atoms with Crippen molar-refractivity contribution in [1.29, 1.82) is 0 Å². The van der Waals surface area contributed by atoms with Crippen LogP contribution in [0.5, 0.6) is 0 Å². The van der Waals surface area contributed by atoms with Crippen LogP contribution in [-0.4, -0.2) is 23.5 Å². The van der Waals surface area contributed by atoms with Crippen molar-refractivity contribution < 1.29 is 27.5 Å². The van der Waals surface area contributed by atoms with E-state index >= 15 is 0 Å². The molecule has 1 N–H and O–H groups in total. The molecule has 0 fully saturated rings. The van der Waals surface area contributed by atoms with Gasteiger partial charge in [-0.3, -0.25) is 4.79 Å². The number of benzene rings is 2. The number of rotatable bonds is 7. The van der Waals surface area contributed by atoms with Crippen LogP contribution in [0.15, 0.2) is 60.7 Å². The van der Waals surface area contributed by atoms with Crippen LogP contribution in [0.3, 0.4) is 0 Å². The van der Waals surface area contributed by atoms with E-state index in [9.17, 15) is 22.8 Å². The first-order valence-corrected chi connectivity index (χ1v) is 10.3. The van der Waals surface area contributed by atoms with Crippen molar-refractivity contribution in [3.63, 3.8) is 0 Å². The molecule has 0 aliphatic carbocycles. The van der Waals surface area contributed by atoms with Gasteiger partial charge in [0.05, 0.1) is 6.61 Å². The number of esters is 1. The molecule has 0 unspecified atom stereocenters. The Morgan fingerprint density at radius 1 is 1.03 bits per heavy atom. The van der Waals surface area contributed by atoms with Crippen molar-refractivity contribution in [1.82, 2.24) is 4.98 Å². The van der Waals surface area contributed by atoms with Gasteiger partial charge in [0.25, 0.3) is 0 Å². The highest BCUT2D eigenvalue weighted by molar-refractivity contribution is 7.17. The average molecular weight is 448 g/mol. The van der Waals surface area contributed by atoms with Gasteiger partial charge in [0.15, 0.2) is 10.8 Å². The molecule has 5 nitrogen and oxygen atoms in total. The van der Waals surface area contributed by atoms with Gasteiger partial charge in [-0.05, 0) is 18.1 Å². The zero-order chi connectivity index (χ0) is 22.4. The van der Waals surface area contributed by atoms with Gasteiger partial charge in [-0.25, -0.2) is 9.78 Å². The first-order valence-electron chi connectivity index (χ1n) is 9.44. The summed E-state index contributed by atoms with van der Waals surface area (Å²) in [4.78, 5) is 27.3. The Balaban J connectivity index is 1.84. The quantitative estimate of drug-likeness (QED) is 0.485. The molecule has 0 bridgehead atoms. The molecule has 3 aromatic rings. The molecule has 1 heterocycles. The van der Waals surface area contributed by atoms with Crippen LogP contribution in [0.2, 0.25) is 0 Å². The maximum atomic E-state index is 13.3.